The number of hydrogen-bond donors (Lipinski definition) is 3. The highest BCUT2D eigenvalue weighted by Crippen LogP contribution is 2.17. The number of nitrogens with zero attached hydrogens (tertiary/aromatic N) is 1. The first-order valence-electron chi connectivity index (χ1n) is 5.57. The van der Waals surface area contributed by atoms with E-state index >= 15 is 0 Å². The van der Waals surface area contributed by atoms with Gasteiger partial charge in [-0.05, 0) is 37.1 Å². The summed E-state index contributed by atoms with van der Waals surface area (Å²) in [5.74, 6) is 0. The van der Waals surface area contributed by atoms with E-state index in [0.29, 0.717) is 6.54 Å². The number of nitrogens with one attached hydrogen (secondary N) is 2. The van der Waals surface area contributed by atoms with Crippen molar-refractivity contribution in [1.29, 1.82) is 0 Å². The van der Waals surface area contributed by atoms with Crippen LogP contribution >= 0.6 is 0 Å². The van der Waals surface area contributed by atoms with E-state index in [2.05, 4.69) is 29.0 Å². The van der Waals surface area contributed by atoms with Crippen LogP contribution < -0.4 is 5.73 Å². The minimum atomic E-state index is 0.651. The van der Waals surface area contributed by atoms with E-state index < -0.39 is 0 Å². The lowest BCUT2D eigenvalue weighted by molar-refractivity contribution is 0.887. The number of nitrogens with two attached hydrogens (primary N) is 1. The molecule has 2 heterocycles. The highest BCUT2D eigenvalue weighted by Gasteiger charge is 2.09. The molecular formula is C12H18N4. The second kappa shape index (κ2) is 4.53. The Bertz CT molecular complexity index is 467. The van der Waals surface area contributed by atoms with E-state index in [9.17, 15) is 0 Å². The maximum absolute atomic E-state index is 5.56. The molecule has 86 valence electrons. The van der Waals surface area contributed by atoms with Gasteiger partial charge in [0.2, 0.25) is 0 Å². The van der Waals surface area contributed by atoms with E-state index in [-0.39, 0.29) is 0 Å². The maximum Gasteiger partial charge on any atom is 0.0526 e. The summed E-state index contributed by atoms with van der Waals surface area (Å²) in [6.45, 7) is 4.91. The van der Waals surface area contributed by atoms with Crippen molar-refractivity contribution in [2.45, 2.75) is 26.7 Å². The number of rotatable bonds is 4. The quantitative estimate of drug-likeness (QED) is 0.726. The summed E-state index contributed by atoms with van der Waals surface area (Å²) in [4.78, 5) is 3.31. The molecule has 0 bridgehead atoms. The number of aromatic amines is 2. The highest BCUT2D eigenvalue weighted by atomic mass is 15.1. The molecule has 0 radical (unpaired) electrons. The van der Waals surface area contributed by atoms with Gasteiger partial charge in [0.05, 0.1) is 6.20 Å². The van der Waals surface area contributed by atoms with Crippen molar-refractivity contribution < 1.29 is 0 Å². The van der Waals surface area contributed by atoms with Crippen LogP contribution in [-0.4, -0.2) is 21.7 Å². The van der Waals surface area contributed by atoms with Crippen LogP contribution in [0.15, 0.2) is 12.4 Å². The summed E-state index contributed by atoms with van der Waals surface area (Å²) < 4.78 is 0. The number of hydrogen-bond acceptors (Lipinski definition) is 2. The van der Waals surface area contributed by atoms with Crippen molar-refractivity contribution in [2.75, 3.05) is 6.54 Å². The van der Waals surface area contributed by atoms with Crippen LogP contribution in [0.2, 0.25) is 0 Å². The molecule has 0 aliphatic rings. The van der Waals surface area contributed by atoms with Gasteiger partial charge < -0.3 is 10.7 Å². The fraction of sp³-hybridized carbons (Fsp3) is 0.417. The molecule has 2 aromatic rings. The van der Waals surface area contributed by atoms with Crippen LogP contribution in [-0.2, 0) is 12.8 Å². The molecule has 0 saturated heterocycles. The highest BCUT2D eigenvalue weighted by molar-refractivity contribution is 5.33. The smallest absolute Gasteiger partial charge is 0.0526 e. The molecule has 0 saturated carbocycles. The Morgan fingerprint density at radius 2 is 2.12 bits per heavy atom. The third-order valence-corrected chi connectivity index (χ3v) is 3.08. The Hall–Kier alpha value is -1.55. The lowest BCUT2D eigenvalue weighted by atomic mass is 10.1. The lowest BCUT2D eigenvalue weighted by Crippen LogP contribution is -2.05. The van der Waals surface area contributed by atoms with Crippen molar-refractivity contribution in [3.05, 3.63) is 40.5 Å². The van der Waals surface area contributed by atoms with Gasteiger partial charge in [0.15, 0.2) is 0 Å². The van der Waals surface area contributed by atoms with Crippen LogP contribution in [0, 0.1) is 13.8 Å². The Morgan fingerprint density at radius 1 is 1.31 bits per heavy atom. The molecule has 4 heteroatoms. The Morgan fingerprint density at radius 3 is 2.75 bits per heavy atom. The molecule has 0 fully saturated rings. The zero-order valence-corrected chi connectivity index (χ0v) is 9.80. The molecule has 2 aromatic heterocycles. The second-order valence-electron chi connectivity index (χ2n) is 4.16. The van der Waals surface area contributed by atoms with Crippen molar-refractivity contribution in [2.24, 2.45) is 5.73 Å². The van der Waals surface area contributed by atoms with E-state index in [4.69, 9.17) is 5.73 Å². The largest absolute Gasteiger partial charge is 0.364 e. The van der Waals surface area contributed by atoms with Crippen LogP contribution in [0.5, 0.6) is 0 Å². The third-order valence-electron chi connectivity index (χ3n) is 3.08. The van der Waals surface area contributed by atoms with Gasteiger partial charge in [-0.1, -0.05) is 0 Å². The zero-order chi connectivity index (χ0) is 11.5. The molecule has 0 aromatic carbocycles. The van der Waals surface area contributed by atoms with E-state index in [1.807, 2.05) is 12.4 Å². The molecule has 2 rings (SSSR count). The fourth-order valence-corrected chi connectivity index (χ4v) is 1.87. The first-order valence-corrected chi connectivity index (χ1v) is 5.57. The average Bonchev–Trinajstić information content (AvgIpc) is 2.82. The van der Waals surface area contributed by atoms with Crippen LogP contribution in [0.25, 0.3) is 0 Å². The van der Waals surface area contributed by atoms with Gasteiger partial charge in [-0.2, -0.15) is 5.10 Å². The Balaban J connectivity index is 2.20. The Labute approximate surface area is 95.3 Å². The molecule has 4 nitrogen and oxygen atoms in total. The van der Waals surface area contributed by atoms with E-state index in [0.717, 1.165) is 18.5 Å². The molecule has 0 atom stereocenters. The summed E-state index contributed by atoms with van der Waals surface area (Å²) in [6.07, 6.45) is 5.69. The van der Waals surface area contributed by atoms with Crippen molar-refractivity contribution in [1.82, 2.24) is 15.2 Å². The second-order valence-corrected chi connectivity index (χ2v) is 4.16. The lowest BCUT2D eigenvalue weighted by Gasteiger charge is -2.02. The number of aromatic nitrogens is 3. The molecule has 16 heavy (non-hydrogen) atoms. The molecular weight excluding hydrogens is 200 g/mol. The molecule has 0 unspecified atom stereocenters. The first-order chi connectivity index (χ1) is 7.72. The predicted octanol–water partition coefficient (Wildman–Crippen LogP) is 1.45. The average molecular weight is 218 g/mol. The normalized spacial score (nSPS) is 10.9. The van der Waals surface area contributed by atoms with Crippen molar-refractivity contribution in [3.63, 3.8) is 0 Å². The Kier molecular flexibility index (Phi) is 3.10. The van der Waals surface area contributed by atoms with Gasteiger partial charge >= 0.3 is 0 Å². The SMILES string of the molecule is Cc1c[nH]c(Cc2cn[nH]c2CCN)c1C. The minimum absolute atomic E-state index is 0.651. The number of aryl methyl sites for hydroxylation is 1. The van der Waals surface area contributed by atoms with Crippen molar-refractivity contribution >= 4 is 0 Å². The van der Waals surface area contributed by atoms with Gasteiger partial charge in [0.25, 0.3) is 0 Å². The monoisotopic (exact) mass is 218 g/mol. The maximum atomic E-state index is 5.56. The molecule has 0 spiro atoms. The molecule has 0 aliphatic heterocycles. The summed E-state index contributed by atoms with van der Waals surface area (Å²) >= 11 is 0. The van der Waals surface area contributed by atoms with E-state index in [1.165, 1.54) is 22.4 Å². The van der Waals surface area contributed by atoms with Gasteiger partial charge in [-0.3, -0.25) is 5.10 Å². The number of H-pyrrole nitrogens is 2. The summed E-state index contributed by atoms with van der Waals surface area (Å²) in [5.41, 5.74) is 11.8. The minimum Gasteiger partial charge on any atom is -0.364 e. The summed E-state index contributed by atoms with van der Waals surface area (Å²) in [7, 11) is 0. The predicted molar refractivity (Wildman–Crippen MR) is 64.4 cm³/mol. The van der Waals surface area contributed by atoms with Gasteiger partial charge in [-0.15, -0.1) is 0 Å². The molecule has 0 amide bonds. The van der Waals surface area contributed by atoms with Crippen LogP contribution in [0.4, 0.5) is 0 Å². The van der Waals surface area contributed by atoms with Crippen LogP contribution in [0.3, 0.4) is 0 Å². The summed E-state index contributed by atoms with van der Waals surface area (Å²) in [5, 5.41) is 7.09. The molecule has 4 N–H and O–H groups in total. The zero-order valence-electron chi connectivity index (χ0n) is 9.80. The molecule has 0 aliphatic carbocycles. The van der Waals surface area contributed by atoms with Crippen LogP contribution in [0.1, 0.15) is 28.1 Å². The van der Waals surface area contributed by atoms with Crippen molar-refractivity contribution in [3.8, 4) is 0 Å². The standard InChI is InChI=1S/C12H18N4/c1-8-6-14-12(9(8)2)5-10-7-15-16-11(10)3-4-13/h6-7,14H,3-5,13H2,1-2H3,(H,15,16). The van der Waals surface area contributed by atoms with Gasteiger partial charge in [-0.25, -0.2) is 0 Å². The van der Waals surface area contributed by atoms with Gasteiger partial charge in [0.1, 0.15) is 0 Å². The fourth-order valence-electron chi connectivity index (χ4n) is 1.87. The summed E-state index contributed by atoms with van der Waals surface area (Å²) in [6, 6.07) is 0. The first kappa shape index (κ1) is 11.0. The van der Waals surface area contributed by atoms with E-state index in [1.54, 1.807) is 0 Å². The topological polar surface area (TPSA) is 70.5 Å². The third kappa shape index (κ3) is 2.02. The van der Waals surface area contributed by atoms with Gasteiger partial charge in [0, 0.05) is 30.4 Å².